The van der Waals surface area contributed by atoms with E-state index >= 15 is 0 Å². The van der Waals surface area contributed by atoms with Gasteiger partial charge < -0.3 is 25.5 Å². The molecule has 30 heavy (non-hydrogen) atoms. The van der Waals surface area contributed by atoms with Crippen LogP contribution in [-0.2, 0) is 12.1 Å². The molecule has 1 atom stereocenters. The van der Waals surface area contributed by atoms with Gasteiger partial charge in [0.1, 0.15) is 17.1 Å². The van der Waals surface area contributed by atoms with E-state index in [2.05, 4.69) is 20.9 Å². The molecule has 0 bridgehead atoms. The molecule has 1 aromatic carbocycles. The summed E-state index contributed by atoms with van der Waals surface area (Å²) < 4.78 is 5.55. The number of aliphatic hydroxyl groups is 1. The zero-order valence-electron chi connectivity index (χ0n) is 18.6. The van der Waals surface area contributed by atoms with Crippen molar-refractivity contribution in [2.45, 2.75) is 53.2 Å². The number of nitrogens with zero attached hydrogens (tertiary/aromatic N) is 1. The van der Waals surface area contributed by atoms with Gasteiger partial charge >= 0.3 is 0 Å². The van der Waals surface area contributed by atoms with Crippen LogP contribution in [0.25, 0.3) is 0 Å². The zero-order valence-corrected chi connectivity index (χ0v) is 18.6. The number of aryl methyl sites for hydroxylation is 2. The molecule has 0 aliphatic rings. The van der Waals surface area contributed by atoms with Crippen molar-refractivity contribution in [3.63, 3.8) is 0 Å². The van der Waals surface area contributed by atoms with Crippen LogP contribution in [0.1, 0.15) is 60.2 Å². The Kier molecular flexibility index (Phi) is 8.47. The third kappa shape index (κ3) is 6.62. The second-order valence-corrected chi connectivity index (χ2v) is 7.61. The number of furan rings is 1. The van der Waals surface area contributed by atoms with Crippen LogP contribution < -0.4 is 16.0 Å². The van der Waals surface area contributed by atoms with Crippen LogP contribution in [0.15, 0.2) is 39.7 Å². The summed E-state index contributed by atoms with van der Waals surface area (Å²) in [6.45, 7) is 11.5. The summed E-state index contributed by atoms with van der Waals surface area (Å²) in [5, 5.41) is 20.2. The highest BCUT2D eigenvalue weighted by atomic mass is 16.3. The minimum atomic E-state index is -1.10. The van der Waals surface area contributed by atoms with Crippen LogP contribution in [0, 0.1) is 13.8 Å². The van der Waals surface area contributed by atoms with E-state index in [0.29, 0.717) is 36.9 Å². The topological polar surface area (TPSA) is 98.9 Å². The molecule has 4 N–H and O–H groups in total. The van der Waals surface area contributed by atoms with E-state index in [4.69, 9.17) is 4.42 Å². The molecule has 0 aliphatic carbocycles. The largest absolute Gasteiger partial charge is 0.466 e. The molecule has 2 rings (SSSR count). The number of nitrogens with one attached hydrogen (secondary N) is 3. The van der Waals surface area contributed by atoms with Crippen LogP contribution in [0.2, 0.25) is 0 Å². The number of rotatable bonds is 9. The number of hydrogen-bond acceptors (Lipinski definition) is 4. The quantitative estimate of drug-likeness (QED) is 0.373. The zero-order chi connectivity index (χ0) is 22.1. The minimum Gasteiger partial charge on any atom is -0.466 e. The molecule has 1 amide bonds. The fourth-order valence-corrected chi connectivity index (χ4v) is 3.18. The highest BCUT2D eigenvalue weighted by Crippen LogP contribution is 2.26. The molecule has 1 aromatic heterocycles. The van der Waals surface area contributed by atoms with E-state index < -0.39 is 5.60 Å². The first-order valence-corrected chi connectivity index (χ1v) is 10.5. The predicted molar refractivity (Wildman–Crippen MR) is 120 cm³/mol. The Labute approximate surface area is 179 Å². The highest BCUT2D eigenvalue weighted by Gasteiger charge is 2.27. The lowest BCUT2D eigenvalue weighted by Crippen LogP contribution is -2.44. The maximum Gasteiger partial charge on any atom is 0.251 e. The van der Waals surface area contributed by atoms with Gasteiger partial charge in [-0.25, -0.2) is 4.99 Å². The summed E-state index contributed by atoms with van der Waals surface area (Å²) in [5.74, 6) is 2.00. The Balaban J connectivity index is 2.05. The van der Waals surface area contributed by atoms with Gasteiger partial charge in [0, 0.05) is 24.2 Å². The van der Waals surface area contributed by atoms with E-state index in [1.54, 1.807) is 13.0 Å². The molecule has 1 unspecified atom stereocenters. The molecule has 1 heterocycles. The summed E-state index contributed by atoms with van der Waals surface area (Å²) in [6.07, 6.45) is 0.898. The Morgan fingerprint density at radius 2 is 1.93 bits per heavy atom. The first-order chi connectivity index (χ1) is 14.3. The third-order valence-electron chi connectivity index (χ3n) is 4.71. The van der Waals surface area contributed by atoms with Gasteiger partial charge in [-0.2, -0.15) is 0 Å². The summed E-state index contributed by atoms with van der Waals surface area (Å²) in [6, 6.07) is 9.31. The van der Waals surface area contributed by atoms with Crippen LogP contribution >= 0.6 is 0 Å². The van der Waals surface area contributed by atoms with Gasteiger partial charge in [-0.1, -0.05) is 19.1 Å². The number of carbonyl (C=O) groups is 1. The molecule has 2 aromatic rings. The Morgan fingerprint density at radius 3 is 2.57 bits per heavy atom. The van der Waals surface area contributed by atoms with Gasteiger partial charge in [0.15, 0.2) is 5.96 Å². The van der Waals surface area contributed by atoms with E-state index in [0.717, 1.165) is 23.3 Å². The average Bonchev–Trinajstić information content (AvgIpc) is 3.07. The van der Waals surface area contributed by atoms with Gasteiger partial charge in [-0.15, -0.1) is 0 Å². The molecule has 0 spiro atoms. The number of guanidine groups is 1. The molecule has 7 nitrogen and oxygen atoms in total. The van der Waals surface area contributed by atoms with E-state index in [-0.39, 0.29) is 12.5 Å². The normalized spacial score (nSPS) is 13.6. The summed E-state index contributed by atoms with van der Waals surface area (Å²) in [7, 11) is 0. The molecular formula is C23H34N4O3. The smallest absolute Gasteiger partial charge is 0.251 e. The van der Waals surface area contributed by atoms with Crippen molar-refractivity contribution < 1.29 is 14.3 Å². The molecule has 0 saturated heterocycles. The summed E-state index contributed by atoms with van der Waals surface area (Å²) in [5.41, 5.74) is 1.22. The Morgan fingerprint density at radius 1 is 1.17 bits per heavy atom. The number of amides is 1. The third-order valence-corrected chi connectivity index (χ3v) is 4.71. The van der Waals surface area contributed by atoms with Crippen molar-refractivity contribution >= 4 is 11.9 Å². The predicted octanol–water partition coefficient (Wildman–Crippen LogP) is 3.00. The standard InChI is InChI=1S/C23H34N4O3/c1-6-11-25-21(28)19-10-8-9-18(13-19)14-26-22(24-7-2)27-15-23(5,29)20-12-16(3)30-17(20)4/h8-10,12-13,29H,6-7,11,14-15H2,1-5H3,(H,25,28)(H2,24,26,27). The van der Waals surface area contributed by atoms with Crippen LogP contribution in [0.4, 0.5) is 0 Å². The molecule has 0 fully saturated rings. The summed E-state index contributed by atoms with van der Waals surface area (Å²) in [4.78, 5) is 16.8. The second kappa shape index (κ2) is 10.8. The summed E-state index contributed by atoms with van der Waals surface area (Å²) >= 11 is 0. The van der Waals surface area contributed by atoms with Crippen molar-refractivity contribution in [2.75, 3.05) is 19.6 Å². The van der Waals surface area contributed by atoms with Gasteiger partial charge in [0.25, 0.3) is 5.91 Å². The first kappa shape index (κ1) is 23.5. The van der Waals surface area contributed by atoms with Crippen LogP contribution in [-0.4, -0.2) is 36.6 Å². The fraction of sp³-hybridized carbons (Fsp3) is 0.478. The van der Waals surface area contributed by atoms with Crippen molar-refractivity contribution in [1.29, 1.82) is 0 Å². The van der Waals surface area contributed by atoms with Gasteiger partial charge in [0.2, 0.25) is 0 Å². The number of hydrogen-bond donors (Lipinski definition) is 4. The van der Waals surface area contributed by atoms with E-state index in [9.17, 15) is 9.90 Å². The first-order valence-electron chi connectivity index (χ1n) is 10.5. The van der Waals surface area contributed by atoms with E-state index in [1.807, 2.05) is 52.0 Å². The molecule has 0 radical (unpaired) electrons. The lowest BCUT2D eigenvalue weighted by atomic mass is 9.96. The van der Waals surface area contributed by atoms with Crippen molar-refractivity contribution in [3.05, 3.63) is 58.5 Å². The van der Waals surface area contributed by atoms with Gasteiger partial charge in [0.05, 0.1) is 13.1 Å². The second-order valence-electron chi connectivity index (χ2n) is 7.61. The molecule has 7 heteroatoms. The Hall–Kier alpha value is -2.80. The van der Waals surface area contributed by atoms with Gasteiger partial charge in [-0.3, -0.25) is 4.79 Å². The maximum absolute atomic E-state index is 12.2. The molecule has 0 aliphatic heterocycles. The van der Waals surface area contributed by atoms with Crippen LogP contribution in [0.3, 0.4) is 0 Å². The SMILES string of the molecule is CCCNC(=O)c1cccc(CN=C(NCC)NCC(C)(O)c2cc(C)oc2C)c1. The monoisotopic (exact) mass is 414 g/mol. The number of benzene rings is 1. The number of carbonyl (C=O) groups excluding carboxylic acids is 1. The fourth-order valence-electron chi connectivity index (χ4n) is 3.18. The highest BCUT2D eigenvalue weighted by molar-refractivity contribution is 5.94. The lowest BCUT2D eigenvalue weighted by molar-refractivity contribution is 0.0601. The number of aliphatic imine (C=N–C) groups is 1. The Bertz CT molecular complexity index is 871. The molecule has 164 valence electrons. The van der Waals surface area contributed by atoms with E-state index in [1.165, 1.54) is 0 Å². The van der Waals surface area contributed by atoms with Crippen molar-refractivity contribution in [3.8, 4) is 0 Å². The van der Waals surface area contributed by atoms with Gasteiger partial charge in [-0.05, 0) is 57.9 Å². The molecule has 0 saturated carbocycles. The van der Waals surface area contributed by atoms with Crippen molar-refractivity contribution in [1.82, 2.24) is 16.0 Å². The molecular weight excluding hydrogens is 380 g/mol. The lowest BCUT2D eigenvalue weighted by Gasteiger charge is -2.24. The maximum atomic E-state index is 12.2. The average molecular weight is 415 g/mol. The van der Waals surface area contributed by atoms with Crippen molar-refractivity contribution in [2.24, 2.45) is 4.99 Å². The minimum absolute atomic E-state index is 0.0745. The van der Waals surface area contributed by atoms with Crippen LogP contribution in [0.5, 0.6) is 0 Å².